The maximum absolute atomic E-state index is 12.9. The van der Waals surface area contributed by atoms with Gasteiger partial charge in [0.25, 0.3) is 0 Å². The molecular formula is C14H15FN4S. The fourth-order valence-corrected chi connectivity index (χ4v) is 1.95. The van der Waals surface area contributed by atoms with Crippen molar-refractivity contribution in [2.24, 2.45) is 0 Å². The Morgan fingerprint density at radius 2 is 1.95 bits per heavy atom. The highest BCUT2D eigenvalue weighted by Crippen LogP contribution is 2.13. The molecule has 104 valence electrons. The minimum atomic E-state index is -0.255. The molecule has 2 rings (SSSR count). The van der Waals surface area contributed by atoms with Crippen molar-refractivity contribution in [3.05, 3.63) is 53.6 Å². The van der Waals surface area contributed by atoms with Gasteiger partial charge in [-0.2, -0.15) is 0 Å². The minimum absolute atomic E-state index is 0.0413. The van der Waals surface area contributed by atoms with Gasteiger partial charge in [-0.05, 0) is 49.8 Å². The first-order chi connectivity index (χ1) is 9.54. The summed E-state index contributed by atoms with van der Waals surface area (Å²) in [6.07, 6.45) is 1.66. The number of nitrogens with one attached hydrogen (secondary N) is 2. The summed E-state index contributed by atoms with van der Waals surface area (Å²) < 4.78 is 12.9. The van der Waals surface area contributed by atoms with Crippen molar-refractivity contribution >= 4 is 23.3 Å². The molecule has 0 bridgehead atoms. The van der Waals surface area contributed by atoms with Crippen LogP contribution in [0.5, 0.6) is 0 Å². The molecule has 0 aliphatic rings. The summed E-state index contributed by atoms with van der Waals surface area (Å²) in [7, 11) is 0. The van der Waals surface area contributed by atoms with E-state index in [0.29, 0.717) is 11.1 Å². The number of aromatic nitrogens is 2. The van der Waals surface area contributed by atoms with Crippen LogP contribution in [-0.2, 0) is 0 Å². The van der Waals surface area contributed by atoms with Gasteiger partial charge in [0.05, 0.1) is 6.04 Å². The van der Waals surface area contributed by atoms with Crippen molar-refractivity contribution in [3.63, 3.8) is 0 Å². The standard InChI is InChI=1S/C14H15FN4S/c1-9-7-8-16-13(17-9)19-14(20)18-10(2)11-3-5-12(15)6-4-11/h3-8,10H,1-2H3,(H2,16,17,18,19,20). The summed E-state index contributed by atoms with van der Waals surface area (Å²) in [5, 5.41) is 6.44. The maximum Gasteiger partial charge on any atom is 0.229 e. The molecule has 0 fully saturated rings. The van der Waals surface area contributed by atoms with Crippen LogP contribution in [0.25, 0.3) is 0 Å². The molecule has 1 aromatic heterocycles. The van der Waals surface area contributed by atoms with Gasteiger partial charge in [-0.25, -0.2) is 14.4 Å². The molecular weight excluding hydrogens is 275 g/mol. The predicted molar refractivity (Wildman–Crippen MR) is 80.9 cm³/mol. The van der Waals surface area contributed by atoms with E-state index in [0.717, 1.165) is 11.3 Å². The van der Waals surface area contributed by atoms with Crippen molar-refractivity contribution in [2.45, 2.75) is 19.9 Å². The van der Waals surface area contributed by atoms with Crippen LogP contribution in [0, 0.1) is 12.7 Å². The molecule has 1 aromatic carbocycles. The highest BCUT2D eigenvalue weighted by atomic mass is 32.1. The number of halogens is 1. The lowest BCUT2D eigenvalue weighted by Crippen LogP contribution is -2.31. The van der Waals surface area contributed by atoms with Crippen molar-refractivity contribution < 1.29 is 4.39 Å². The Morgan fingerprint density at radius 3 is 2.60 bits per heavy atom. The normalized spacial score (nSPS) is 11.8. The molecule has 0 spiro atoms. The molecule has 2 aromatic rings. The van der Waals surface area contributed by atoms with Crippen LogP contribution >= 0.6 is 12.2 Å². The molecule has 0 saturated heterocycles. The zero-order valence-corrected chi connectivity index (χ0v) is 12.0. The fraction of sp³-hybridized carbons (Fsp3) is 0.214. The molecule has 1 heterocycles. The number of nitrogens with zero attached hydrogens (tertiary/aromatic N) is 2. The Bertz CT molecular complexity index is 600. The van der Waals surface area contributed by atoms with Gasteiger partial charge in [0.2, 0.25) is 5.95 Å². The predicted octanol–water partition coefficient (Wildman–Crippen LogP) is 2.97. The third-order valence-electron chi connectivity index (χ3n) is 2.74. The molecule has 0 saturated carbocycles. The molecule has 0 aliphatic heterocycles. The molecule has 1 atom stereocenters. The third-order valence-corrected chi connectivity index (χ3v) is 2.96. The largest absolute Gasteiger partial charge is 0.356 e. The molecule has 0 radical (unpaired) electrons. The SMILES string of the molecule is Cc1ccnc(NC(=S)NC(C)c2ccc(F)cc2)n1. The second-order valence-electron chi connectivity index (χ2n) is 4.39. The van der Waals surface area contributed by atoms with E-state index in [4.69, 9.17) is 12.2 Å². The van der Waals surface area contributed by atoms with Gasteiger partial charge >= 0.3 is 0 Å². The zero-order valence-electron chi connectivity index (χ0n) is 11.2. The van der Waals surface area contributed by atoms with Crippen molar-refractivity contribution in [1.29, 1.82) is 0 Å². The molecule has 20 heavy (non-hydrogen) atoms. The first kappa shape index (κ1) is 14.3. The lowest BCUT2D eigenvalue weighted by Gasteiger charge is -2.16. The Labute approximate surface area is 122 Å². The number of benzene rings is 1. The summed E-state index contributed by atoms with van der Waals surface area (Å²) in [6, 6.07) is 8.06. The molecule has 2 N–H and O–H groups in total. The molecule has 0 amide bonds. The Hall–Kier alpha value is -2.08. The van der Waals surface area contributed by atoms with E-state index < -0.39 is 0 Å². The van der Waals surface area contributed by atoms with Gasteiger partial charge in [-0.15, -0.1) is 0 Å². The number of rotatable bonds is 3. The Balaban J connectivity index is 1.95. The number of hydrogen-bond donors (Lipinski definition) is 2. The summed E-state index contributed by atoms with van der Waals surface area (Å²) in [6.45, 7) is 3.82. The van der Waals surface area contributed by atoms with E-state index in [2.05, 4.69) is 20.6 Å². The quantitative estimate of drug-likeness (QED) is 0.851. The van der Waals surface area contributed by atoms with Gasteiger partial charge < -0.3 is 10.6 Å². The van der Waals surface area contributed by atoms with Crippen LogP contribution in [0.1, 0.15) is 24.2 Å². The van der Waals surface area contributed by atoms with Gasteiger partial charge in [0, 0.05) is 11.9 Å². The van der Waals surface area contributed by atoms with E-state index >= 15 is 0 Å². The van der Waals surface area contributed by atoms with Crippen LogP contribution in [0.2, 0.25) is 0 Å². The average molecular weight is 290 g/mol. The van der Waals surface area contributed by atoms with Crippen LogP contribution in [0.4, 0.5) is 10.3 Å². The molecule has 6 heteroatoms. The summed E-state index contributed by atoms with van der Waals surface area (Å²) >= 11 is 5.21. The lowest BCUT2D eigenvalue weighted by molar-refractivity contribution is 0.624. The van der Waals surface area contributed by atoms with E-state index in [9.17, 15) is 4.39 Å². The van der Waals surface area contributed by atoms with Gasteiger partial charge in [-0.3, -0.25) is 0 Å². The van der Waals surface area contributed by atoms with Crippen LogP contribution in [0.15, 0.2) is 36.5 Å². The van der Waals surface area contributed by atoms with Gasteiger partial charge in [0.15, 0.2) is 5.11 Å². The molecule has 4 nitrogen and oxygen atoms in total. The maximum atomic E-state index is 12.9. The third kappa shape index (κ3) is 3.96. The van der Waals surface area contributed by atoms with E-state index in [1.807, 2.05) is 19.9 Å². The molecule has 0 aliphatic carbocycles. The van der Waals surface area contributed by atoms with Crippen molar-refractivity contribution in [1.82, 2.24) is 15.3 Å². The second kappa shape index (κ2) is 6.38. The highest BCUT2D eigenvalue weighted by Gasteiger charge is 2.08. The number of hydrogen-bond acceptors (Lipinski definition) is 3. The van der Waals surface area contributed by atoms with E-state index in [-0.39, 0.29) is 11.9 Å². The Kier molecular flexibility index (Phi) is 4.57. The highest BCUT2D eigenvalue weighted by molar-refractivity contribution is 7.80. The van der Waals surface area contributed by atoms with Crippen LogP contribution < -0.4 is 10.6 Å². The number of thiocarbonyl (C=S) groups is 1. The molecule has 1 unspecified atom stereocenters. The topological polar surface area (TPSA) is 49.8 Å². The smallest absolute Gasteiger partial charge is 0.229 e. The van der Waals surface area contributed by atoms with Crippen molar-refractivity contribution in [2.75, 3.05) is 5.32 Å². The summed E-state index contributed by atoms with van der Waals surface area (Å²) in [5.74, 6) is 0.198. The summed E-state index contributed by atoms with van der Waals surface area (Å²) in [5.41, 5.74) is 1.80. The van der Waals surface area contributed by atoms with Crippen LogP contribution in [-0.4, -0.2) is 15.1 Å². The van der Waals surface area contributed by atoms with Crippen LogP contribution in [0.3, 0.4) is 0 Å². The van der Waals surface area contributed by atoms with E-state index in [1.54, 1.807) is 18.3 Å². The zero-order chi connectivity index (χ0) is 14.5. The van der Waals surface area contributed by atoms with Crippen molar-refractivity contribution in [3.8, 4) is 0 Å². The second-order valence-corrected chi connectivity index (χ2v) is 4.80. The first-order valence-corrected chi connectivity index (χ1v) is 6.58. The monoisotopic (exact) mass is 290 g/mol. The van der Waals surface area contributed by atoms with Gasteiger partial charge in [0.1, 0.15) is 5.82 Å². The first-order valence-electron chi connectivity index (χ1n) is 6.17. The number of aryl methyl sites for hydroxylation is 1. The average Bonchev–Trinajstić information content (AvgIpc) is 2.39. The number of anilines is 1. The lowest BCUT2D eigenvalue weighted by atomic mass is 10.1. The Morgan fingerprint density at radius 1 is 1.25 bits per heavy atom. The van der Waals surface area contributed by atoms with E-state index in [1.165, 1.54) is 12.1 Å². The fourth-order valence-electron chi connectivity index (χ4n) is 1.68. The summed E-state index contributed by atoms with van der Waals surface area (Å²) in [4.78, 5) is 8.28. The van der Waals surface area contributed by atoms with Gasteiger partial charge in [-0.1, -0.05) is 12.1 Å². The minimum Gasteiger partial charge on any atom is -0.356 e.